The van der Waals surface area contributed by atoms with Crippen LogP contribution in [0.5, 0.6) is 0 Å². The molecule has 1 aliphatic rings. The molecule has 1 aromatic heterocycles. The normalized spacial score (nSPS) is 19.6. The first kappa shape index (κ1) is 11.9. The van der Waals surface area contributed by atoms with Gasteiger partial charge < -0.3 is 15.2 Å². The molecule has 1 atom stereocenters. The smallest absolute Gasteiger partial charge is 0.254 e. The predicted molar refractivity (Wildman–Crippen MR) is 65.0 cm³/mol. The minimum absolute atomic E-state index is 0.0474. The number of nitrogens with zero attached hydrogens (tertiary/aromatic N) is 1. The summed E-state index contributed by atoms with van der Waals surface area (Å²) in [5, 5.41) is 3.10. The molecule has 2 N–H and O–H groups in total. The van der Waals surface area contributed by atoms with Gasteiger partial charge in [-0.25, -0.2) is 0 Å². The van der Waals surface area contributed by atoms with E-state index in [4.69, 9.17) is 0 Å². The van der Waals surface area contributed by atoms with Gasteiger partial charge in [-0.15, -0.1) is 0 Å². The molecule has 1 fully saturated rings. The highest BCUT2D eigenvalue weighted by atomic mass is 16.2. The van der Waals surface area contributed by atoms with Gasteiger partial charge in [0.2, 0.25) is 5.56 Å². The summed E-state index contributed by atoms with van der Waals surface area (Å²) in [4.78, 5) is 27.8. The summed E-state index contributed by atoms with van der Waals surface area (Å²) in [7, 11) is 1.88. The molecule has 1 unspecified atom stereocenters. The summed E-state index contributed by atoms with van der Waals surface area (Å²) >= 11 is 0. The second kappa shape index (κ2) is 5.14. The Balaban J connectivity index is 2.16. The maximum absolute atomic E-state index is 12.2. The number of likely N-dealkylation sites (tertiary alicyclic amines) is 1. The Morgan fingerprint density at radius 2 is 2.47 bits per heavy atom. The molecule has 0 radical (unpaired) electrons. The van der Waals surface area contributed by atoms with Gasteiger partial charge in [0.1, 0.15) is 0 Å². The zero-order valence-corrected chi connectivity index (χ0v) is 9.90. The van der Waals surface area contributed by atoms with Crippen LogP contribution >= 0.6 is 0 Å². The quantitative estimate of drug-likeness (QED) is 0.786. The van der Waals surface area contributed by atoms with Gasteiger partial charge in [0.05, 0.1) is 0 Å². The third-order valence-electron chi connectivity index (χ3n) is 3.10. The van der Waals surface area contributed by atoms with Gasteiger partial charge in [0, 0.05) is 37.0 Å². The van der Waals surface area contributed by atoms with E-state index < -0.39 is 0 Å². The number of hydrogen-bond donors (Lipinski definition) is 2. The van der Waals surface area contributed by atoms with Crippen LogP contribution in [0, 0.1) is 0 Å². The van der Waals surface area contributed by atoms with Crippen LogP contribution in [-0.2, 0) is 0 Å². The van der Waals surface area contributed by atoms with E-state index in [0.717, 1.165) is 25.9 Å². The molecule has 1 saturated heterocycles. The molecule has 0 aromatic carbocycles. The van der Waals surface area contributed by atoms with Crippen LogP contribution in [0.2, 0.25) is 0 Å². The average Bonchev–Trinajstić information content (AvgIpc) is 2.77. The summed E-state index contributed by atoms with van der Waals surface area (Å²) in [6, 6.07) is 3.25. The number of carbonyl (C=O) groups is 1. The van der Waals surface area contributed by atoms with Crippen molar-refractivity contribution in [3.05, 3.63) is 34.2 Å². The van der Waals surface area contributed by atoms with Crippen LogP contribution in [-0.4, -0.2) is 42.0 Å². The molecule has 5 heteroatoms. The van der Waals surface area contributed by atoms with E-state index in [-0.39, 0.29) is 17.5 Å². The molecule has 17 heavy (non-hydrogen) atoms. The fourth-order valence-corrected chi connectivity index (χ4v) is 2.29. The van der Waals surface area contributed by atoms with Crippen molar-refractivity contribution >= 4 is 5.91 Å². The molecule has 1 aliphatic heterocycles. The van der Waals surface area contributed by atoms with Gasteiger partial charge in [-0.1, -0.05) is 0 Å². The summed E-state index contributed by atoms with van der Waals surface area (Å²) in [5.41, 5.74) is 0.233. The van der Waals surface area contributed by atoms with Crippen LogP contribution in [0.4, 0.5) is 0 Å². The van der Waals surface area contributed by atoms with Gasteiger partial charge in [-0.3, -0.25) is 9.59 Å². The van der Waals surface area contributed by atoms with Gasteiger partial charge in [-0.05, 0) is 26.0 Å². The van der Waals surface area contributed by atoms with Gasteiger partial charge >= 0.3 is 0 Å². The van der Waals surface area contributed by atoms with Crippen molar-refractivity contribution in [2.75, 3.05) is 20.1 Å². The fraction of sp³-hybridized carbons (Fsp3) is 0.500. The summed E-state index contributed by atoms with van der Waals surface area (Å²) in [5.74, 6) is -0.0474. The first-order chi connectivity index (χ1) is 8.22. The molecule has 92 valence electrons. The lowest BCUT2D eigenvalue weighted by Crippen LogP contribution is -2.41. The van der Waals surface area contributed by atoms with Crippen LogP contribution in [0.1, 0.15) is 23.2 Å². The number of rotatable bonds is 3. The van der Waals surface area contributed by atoms with Gasteiger partial charge in [0.15, 0.2) is 0 Å². The van der Waals surface area contributed by atoms with E-state index in [0.29, 0.717) is 5.56 Å². The number of aromatic nitrogens is 1. The molecule has 2 rings (SSSR count). The number of aromatic amines is 1. The van der Waals surface area contributed by atoms with E-state index in [2.05, 4.69) is 10.3 Å². The van der Waals surface area contributed by atoms with Crippen LogP contribution in [0.3, 0.4) is 0 Å². The third-order valence-corrected chi connectivity index (χ3v) is 3.10. The third kappa shape index (κ3) is 2.55. The zero-order valence-electron chi connectivity index (χ0n) is 9.90. The maximum Gasteiger partial charge on any atom is 0.254 e. The Morgan fingerprint density at radius 1 is 1.65 bits per heavy atom. The van der Waals surface area contributed by atoms with Crippen molar-refractivity contribution in [2.24, 2.45) is 0 Å². The first-order valence-electron chi connectivity index (χ1n) is 5.86. The molecule has 2 heterocycles. The molecule has 1 amide bonds. The van der Waals surface area contributed by atoms with Crippen molar-refractivity contribution < 1.29 is 4.79 Å². The second-order valence-corrected chi connectivity index (χ2v) is 4.29. The Morgan fingerprint density at radius 3 is 3.18 bits per heavy atom. The number of H-pyrrole nitrogens is 1. The Hall–Kier alpha value is -1.62. The number of amides is 1. The van der Waals surface area contributed by atoms with Crippen molar-refractivity contribution in [3.63, 3.8) is 0 Å². The average molecular weight is 235 g/mol. The monoisotopic (exact) mass is 235 g/mol. The number of likely N-dealkylation sites (N-methyl/N-ethyl adjacent to an activating group) is 1. The molecular formula is C12H17N3O2. The molecule has 5 nitrogen and oxygen atoms in total. The fourth-order valence-electron chi connectivity index (χ4n) is 2.29. The highest BCUT2D eigenvalue weighted by Crippen LogP contribution is 2.18. The Labute approximate surface area is 99.8 Å². The highest BCUT2D eigenvalue weighted by molar-refractivity contribution is 5.94. The van der Waals surface area contributed by atoms with Crippen molar-refractivity contribution in [1.29, 1.82) is 0 Å². The van der Waals surface area contributed by atoms with Crippen LogP contribution in [0.25, 0.3) is 0 Å². The van der Waals surface area contributed by atoms with Crippen LogP contribution in [0.15, 0.2) is 23.1 Å². The van der Waals surface area contributed by atoms with Crippen molar-refractivity contribution in [2.45, 2.75) is 18.9 Å². The van der Waals surface area contributed by atoms with E-state index >= 15 is 0 Å². The molecule has 0 saturated carbocycles. The van der Waals surface area contributed by atoms with E-state index in [1.54, 1.807) is 6.07 Å². The molecule has 0 aliphatic carbocycles. The number of pyridine rings is 1. The lowest BCUT2D eigenvalue weighted by atomic mass is 10.2. The highest BCUT2D eigenvalue weighted by Gasteiger charge is 2.28. The molecule has 0 spiro atoms. The van der Waals surface area contributed by atoms with Gasteiger partial charge in [-0.2, -0.15) is 0 Å². The largest absolute Gasteiger partial charge is 0.334 e. The minimum Gasteiger partial charge on any atom is -0.334 e. The zero-order chi connectivity index (χ0) is 12.3. The van der Waals surface area contributed by atoms with Crippen molar-refractivity contribution in [3.8, 4) is 0 Å². The number of nitrogens with one attached hydrogen (secondary N) is 2. The minimum atomic E-state index is -0.236. The lowest BCUT2D eigenvalue weighted by molar-refractivity contribution is 0.0737. The summed E-state index contributed by atoms with van der Waals surface area (Å²) in [6.07, 6.45) is 3.57. The van der Waals surface area contributed by atoms with E-state index in [9.17, 15) is 9.59 Å². The maximum atomic E-state index is 12.2. The Kier molecular flexibility index (Phi) is 3.58. The SMILES string of the molecule is CNCC1CCCN1C(=O)c1cc[nH]c(=O)c1. The first-order valence-corrected chi connectivity index (χ1v) is 5.86. The van der Waals surface area contributed by atoms with Gasteiger partial charge in [0.25, 0.3) is 5.91 Å². The van der Waals surface area contributed by atoms with E-state index in [1.807, 2.05) is 11.9 Å². The standard InChI is InChI=1S/C12H17N3O2/c1-13-8-10-3-2-6-15(10)12(17)9-4-5-14-11(16)7-9/h4-5,7,10,13H,2-3,6,8H2,1H3,(H,14,16). The topological polar surface area (TPSA) is 65.2 Å². The molecular weight excluding hydrogens is 218 g/mol. The van der Waals surface area contributed by atoms with E-state index in [1.165, 1.54) is 12.3 Å². The lowest BCUT2D eigenvalue weighted by Gasteiger charge is -2.24. The Bertz CT molecular complexity index is 455. The predicted octanol–water partition coefficient (Wildman–Crippen LogP) is 0.199. The second-order valence-electron chi connectivity index (χ2n) is 4.29. The molecule has 0 bridgehead atoms. The number of carbonyl (C=O) groups excluding carboxylic acids is 1. The number of hydrogen-bond acceptors (Lipinski definition) is 3. The summed E-state index contributed by atoms with van der Waals surface area (Å²) in [6.45, 7) is 1.58. The van der Waals surface area contributed by atoms with Crippen molar-refractivity contribution in [1.82, 2.24) is 15.2 Å². The summed E-state index contributed by atoms with van der Waals surface area (Å²) < 4.78 is 0. The molecule has 1 aromatic rings. The van der Waals surface area contributed by atoms with Crippen LogP contribution < -0.4 is 10.9 Å².